The molecule has 2 aliphatic rings. The van der Waals surface area contributed by atoms with Crippen LogP contribution in [0.2, 0.25) is 0 Å². The van der Waals surface area contributed by atoms with Crippen LogP contribution >= 0.6 is 11.8 Å². The van der Waals surface area contributed by atoms with E-state index in [4.69, 9.17) is 4.74 Å². The lowest BCUT2D eigenvalue weighted by Gasteiger charge is -2.44. The number of hydrogen-bond acceptors (Lipinski definition) is 5. The first-order valence-electron chi connectivity index (χ1n) is 11.1. The molecule has 5 nitrogen and oxygen atoms in total. The molecule has 0 aliphatic carbocycles. The van der Waals surface area contributed by atoms with Crippen molar-refractivity contribution in [2.75, 3.05) is 32.1 Å². The van der Waals surface area contributed by atoms with Gasteiger partial charge in [0, 0.05) is 19.6 Å². The first kappa shape index (κ1) is 22.6. The van der Waals surface area contributed by atoms with E-state index in [2.05, 4.69) is 71.3 Å². The molecule has 6 heteroatoms. The van der Waals surface area contributed by atoms with E-state index in [1.165, 1.54) is 16.7 Å². The average molecular weight is 451 g/mol. The van der Waals surface area contributed by atoms with Crippen LogP contribution in [0.1, 0.15) is 19.4 Å². The molecule has 2 aromatic carbocycles. The van der Waals surface area contributed by atoms with Crippen LogP contribution in [-0.4, -0.2) is 59.1 Å². The molecule has 4 rings (SSSR count). The number of nitrogens with zero attached hydrogens (tertiary/aromatic N) is 2. The first-order chi connectivity index (χ1) is 15.6. The van der Waals surface area contributed by atoms with Crippen LogP contribution in [0.5, 0.6) is 0 Å². The Kier molecular flexibility index (Phi) is 7.35. The second-order valence-corrected chi connectivity index (χ2v) is 9.23. The van der Waals surface area contributed by atoms with Gasteiger partial charge in [-0.15, -0.1) is 11.8 Å². The van der Waals surface area contributed by atoms with Crippen molar-refractivity contribution in [3.05, 3.63) is 82.4 Å². The zero-order valence-corrected chi connectivity index (χ0v) is 19.5. The number of aliphatic carboxylic acids is 1. The highest BCUT2D eigenvalue weighted by Crippen LogP contribution is 2.38. The largest absolute Gasteiger partial charge is 0.478 e. The molecule has 2 aliphatic heterocycles. The Morgan fingerprint density at radius 2 is 1.78 bits per heavy atom. The van der Waals surface area contributed by atoms with E-state index in [0.29, 0.717) is 25.3 Å². The van der Waals surface area contributed by atoms with Crippen molar-refractivity contribution in [3.63, 3.8) is 0 Å². The zero-order chi connectivity index (χ0) is 22.5. The third-order valence-corrected chi connectivity index (χ3v) is 6.95. The van der Waals surface area contributed by atoms with E-state index in [1.54, 1.807) is 11.8 Å². The van der Waals surface area contributed by atoms with E-state index < -0.39 is 5.97 Å². The molecule has 1 atom stereocenters. The van der Waals surface area contributed by atoms with E-state index in [1.807, 2.05) is 13.0 Å². The molecule has 1 unspecified atom stereocenters. The Balaban J connectivity index is 1.78. The van der Waals surface area contributed by atoms with Gasteiger partial charge in [-0.25, -0.2) is 4.79 Å². The topological polar surface area (TPSA) is 53.0 Å². The molecule has 0 aromatic heterocycles. The molecule has 168 valence electrons. The predicted molar refractivity (Wildman–Crippen MR) is 130 cm³/mol. The number of carbonyl (C=O) groups is 1. The fourth-order valence-corrected chi connectivity index (χ4v) is 5.44. The minimum atomic E-state index is -0.864. The maximum absolute atomic E-state index is 12.2. The number of rotatable bonds is 7. The van der Waals surface area contributed by atoms with Crippen molar-refractivity contribution in [2.24, 2.45) is 0 Å². The van der Waals surface area contributed by atoms with Gasteiger partial charge in [-0.3, -0.25) is 4.90 Å². The standard InChI is InChI=1S/C26H30N2O3S/c1-3-32-25-24(26(29)30)19(2)17-23(27-13-15-31-16-14-27)28(25)18-21-11-7-8-12-22(21)20-9-5-4-6-10-20/h4-12,17,23H,3,13-16,18H2,1-2H3,(H,29,30). The van der Waals surface area contributed by atoms with Crippen molar-refractivity contribution in [3.8, 4) is 11.1 Å². The number of carboxylic acids is 1. The molecular weight excluding hydrogens is 420 g/mol. The molecule has 2 aromatic rings. The molecule has 1 fully saturated rings. The Hall–Kier alpha value is -2.54. The number of thioether (sulfide) groups is 1. The van der Waals surface area contributed by atoms with Gasteiger partial charge in [0.25, 0.3) is 0 Å². The minimum Gasteiger partial charge on any atom is -0.478 e. The van der Waals surface area contributed by atoms with E-state index in [9.17, 15) is 9.90 Å². The predicted octanol–water partition coefficient (Wildman–Crippen LogP) is 4.82. The summed E-state index contributed by atoms with van der Waals surface area (Å²) in [5.41, 5.74) is 4.78. The summed E-state index contributed by atoms with van der Waals surface area (Å²) in [6.07, 6.45) is 2.11. The summed E-state index contributed by atoms with van der Waals surface area (Å²) in [5.74, 6) is -0.0528. The third-order valence-electron chi connectivity index (χ3n) is 5.95. The SMILES string of the molecule is CCSC1=C(C(=O)O)C(C)=CC(N2CCOCC2)N1Cc1ccccc1-c1ccccc1. The van der Waals surface area contributed by atoms with Crippen molar-refractivity contribution >= 4 is 17.7 Å². The monoisotopic (exact) mass is 450 g/mol. The smallest absolute Gasteiger partial charge is 0.338 e. The average Bonchev–Trinajstić information content (AvgIpc) is 2.82. The van der Waals surface area contributed by atoms with Crippen LogP contribution in [0, 0.1) is 0 Å². The Morgan fingerprint density at radius 3 is 2.47 bits per heavy atom. The van der Waals surface area contributed by atoms with Gasteiger partial charge in [0.1, 0.15) is 6.17 Å². The second kappa shape index (κ2) is 10.4. The summed E-state index contributed by atoms with van der Waals surface area (Å²) in [6, 6.07) is 18.8. The summed E-state index contributed by atoms with van der Waals surface area (Å²) in [6.45, 7) is 7.69. The lowest BCUT2D eigenvalue weighted by Crippen LogP contribution is -2.52. The fraction of sp³-hybridized carbons (Fsp3) is 0.346. The molecule has 1 saturated heterocycles. The molecule has 2 heterocycles. The highest BCUT2D eigenvalue weighted by atomic mass is 32.2. The van der Waals surface area contributed by atoms with Gasteiger partial charge in [-0.1, -0.05) is 61.5 Å². The van der Waals surface area contributed by atoms with Gasteiger partial charge in [-0.05, 0) is 41.0 Å². The van der Waals surface area contributed by atoms with Crippen LogP contribution in [0.4, 0.5) is 0 Å². The van der Waals surface area contributed by atoms with Crippen molar-refractivity contribution in [1.29, 1.82) is 0 Å². The molecule has 0 bridgehead atoms. The lowest BCUT2D eigenvalue weighted by atomic mass is 9.97. The van der Waals surface area contributed by atoms with Crippen molar-refractivity contribution < 1.29 is 14.6 Å². The van der Waals surface area contributed by atoms with Crippen LogP contribution in [0.3, 0.4) is 0 Å². The summed E-state index contributed by atoms with van der Waals surface area (Å²) in [5, 5.41) is 10.9. The molecule has 1 N–H and O–H groups in total. The van der Waals surface area contributed by atoms with Crippen LogP contribution in [0.15, 0.2) is 76.8 Å². The summed E-state index contributed by atoms with van der Waals surface area (Å²) in [4.78, 5) is 16.9. The maximum atomic E-state index is 12.2. The molecule has 0 spiro atoms. The number of benzene rings is 2. The fourth-order valence-electron chi connectivity index (χ4n) is 4.43. The van der Waals surface area contributed by atoms with E-state index in [-0.39, 0.29) is 6.17 Å². The van der Waals surface area contributed by atoms with Crippen LogP contribution in [-0.2, 0) is 16.1 Å². The molecular formula is C26H30N2O3S. The van der Waals surface area contributed by atoms with E-state index >= 15 is 0 Å². The van der Waals surface area contributed by atoms with E-state index in [0.717, 1.165) is 29.4 Å². The van der Waals surface area contributed by atoms with Crippen molar-refractivity contribution in [2.45, 2.75) is 26.6 Å². The molecule has 0 amide bonds. The van der Waals surface area contributed by atoms with Gasteiger partial charge in [0.05, 0.1) is 23.8 Å². The van der Waals surface area contributed by atoms with Crippen LogP contribution < -0.4 is 0 Å². The Morgan fingerprint density at radius 1 is 1.09 bits per heavy atom. The minimum absolute atomic E-state index is 0.000112. The number of hydrogen-bond donors (Lipinski definition) is 1. The molecule has 0 radical (unpaired) electrons. The normalized spacial score (nSPS) is 19.8. The number of morpholine rings is 1. The highest BCUT2D eigenvalue weighted by Gasteiger charge is 2.35. The quantitative estimate of drug-likeness (QED) is 0.653. The van der Waals surface area contributed by atoms with Crippen LogP contribution in [0.25, 0.3) is 11.1 Å². The van der Waals surface area contributed by atoms with Crippen molar-refractivity contribution in [1.82, 2.24) is 9.80 Å². The summed E-state index contributed by atoms with van der Waals surface area (Å²) >= 11 is 1.62. The molecule has 0 saturated carbocycles. The Labute approximate surface area is 194 Å². The maximum Gasteiger partial charge on any atom is 0.338 e. The lowest BCUT2D eigenvalue weighted by molar-refractivity contribution is -0.132. The molecule has 32 heavy (non-hydrogen) atoms. The number of carboxylic acid groups (broad SMARTS) is 1. The summed E-state index contributed by atoms with van der Waals surface area (Å²) < 4.78 is 5.59. The zero-order valence-electron chi connectivity index (χ0n) is 18.7. The highest BCUT2D eigenvalue weighted by molar-refractivity contribution is 8.03. The van der Waals surface area contributed by atoms with Gasteiger partial charge < -0.3 is 14.7 Å². The second-order valence-electron chi connectivity index (χ2n) is 7.98. The van der Waals surface area contributed by atoms with Gasteiger partial charge in [0.15, 0.2) is 0 Å². The first-order valence-corrected chi connectivity index (χ1v) is 12.1. The van der Waals surface area contributed by atoms with Gasteiger partial charge >= 0.3 is 5.97 Å². The number of ether oxygens (including phenoxy) is 1. The van der Waals surface area contributed by atoms with Gasteiger partial charge in [-0.2, -0.15) is 0 Å². The van der Waals surface area contributed by atoms with Gasteiger partial charge in [0.2, 0.25) is 0 Å². The third kappa shape index (κ3) is 4.77. The summed E-state index contributed by atoms with van der Waals surface area (Å²) in [7, 11) is 0. The Bertz CT molecular complexity index is 1010.